The Morgan fingerprint density at radius 3 is 2.33 bits per heavy atom. The van der Waals surface area contributed by atoms with Crippen molar-refractivity contribution in [3.8, 4) is 16.9 Å². The Morgan fingerprint density at radius 2 is 1.60 bits per heavy atom. The molecule has 5 rings (SSSR count). The van der Waals surface area contributed by atoms with E-state index in [1.165, 1.54) is 0 Å². The van der Waals surface area contributed by atoms with E-state index >= 15 is 0 Å². The van der Waals surface area contributed by atoms with Gasteiger partial charge in [0, 0.05) is 52.1 Å². The molecule has 2 amide bonds. The molecule has 6 nitrogen and oxygen atoms in total. The lowest BCUT2D eigenvalue weighted by molar-refractivity contribution is 0.262. The summed E-state index contributed by atoms with van der Waals surface area (Å²) in [4.78, 5) is 22.2. The minimum Gasteiger partial charge on any atom is -0.493 e. The molecule has 3 aromatic carbocycles. The number of ether oxygens (including phenoxy) is 1. The first-order chi connectivity index (χ1) is 19.3. The van der Waals surface area contributed by atoms with Crippen molar-refractivity contribution < 1.29 is 9.53 Å². The molecule has 2 aromatic heterocycles. The Balaban J connectivity index is 1.38. The van der Waals surface area contributed by atoms with Gasteiger partial charge in [0.15, 0.2) is 0 Å². The van der Waals surface area contributed by atoms with Crippen molar-refractivity contribution in [2.75, 3.05) is 17.2 Å². The summed E-state index contributed by atoms with van der Waals surface area (Å²) >= 11 is 0. The number of urea groups is 1. The molecule has 0 unspecified atom stereocenters. The highest BCUT2D eigenvalue weighted by Crippen LogP contribution is 2.34. The predicted octanol–water partition coefficient (Wildman–Crippen LogP) is 8.17. The van der Waals surface area contributed by atoms with Gasteiger partial charge < -0.3 is 15.4 Å². The molecular formula is C34H34N4O2. The van der Waals surface area contributed by atoms with Gasteiger partial charge in [0.05, 0.1) is 18.0 Å². The quantitative estimate of drug-likeness (QED) is 0.222. The fourth-order valence-corrected chi connectivity index (χ4v) is 4.59. The summed E-state index contributed by atoms with van der Waals surface area (Å²) in [5.74, 6) is 0.768. The number of nitrogens with one attached hydrogen (secondary N) is 2. The van der Waals surface area contributed by atoms with Gasteiger partial charge in [-0.1, -0.05) is 69.3 Å². The fraction of sp³-hybridized carbons (Fsp3) is 0.206. The molecule has 0 aliphatic carbocycles. The number of hydrogen-bond donors (Lipinski definition) is 2. The molecule has 5 aromatic rings. The van der Waals surface area contributed by atoms with Crippen molar-refractivity contribution in [1.29, 1.82) is 0 Å². The van der Waals surface area contributed by atoms with Crippen LogP contribution in [0.15, 0.2) is 97.3 Å². The van der Waals surface area contributed by atoms with E-state index in [-0.39, 0.29) is 11.4 Å². The van der Waals surface area contributed by atoms with Gasteiger partial charge in [-0.15, -0.1) is 0 Å². The van der Waals surface area contributed by atoms with E-state index in [9.17, 15) is 4.79 Å². The minimum absolute atomic E-state index is 0.0699. The van der Waals surface area contributed by atoms with Crippen LogP contribution in [-0.4, -0.2) is 22.6 Å². The minimum atomic E-state index is -0.318. The van der Waals surface area contributed by atoms with Crippen molar-refractivity contribution >= 4 is 28.2 Å². The highest BCUT2D eigenvalue weighted by molar-refractivity contribution is 6.08. The van der Waals surface area contributed by atoms with Gasteiger partial charge in [0.2, 0.25) is 0 Å². The zero-order chi connectivity index (χ0) is 28.1. The second-order valence-corrected chi connectivity index (χ2v) is 10.9. The Bertz CT molecular complexity index is 1620. The average molecular weight is 531 g/mol. The standard InChI is InChI=1S/C34H34N4O2/c1-23-12-13-24(22-36-23)27-15-14-25(34(2,3)4)21-31(27)38-33(39)37-30-16-17-32(29-11-6-5-10-28(29)30)40-20-18-26-9-7-8-19-35-26/h5-17,19,21-22H,18,20H2,1-4H3,(H2,37,38,39). The van der Waals surface area contributed by atoms with Crippen LogP contribution in [0.25, 0.3) is 21.9 Å². The van der Waals surface area contributed by atoms with Crippen LogP contribution >= 0.6 is 0 Å². The van der Waals surface area contributed by atoms with Crippen molar-refractivity contribution in [2.45, 2.75) is 39.5 Å². The molecule has 0 aliphatic heterocycles. The number of aryl methyl sites for hydroxylation is 1. The van der Waals surface area contributed by atoms with Crippen molar-refractivity contribution in [1.82, 2.24) is 9.97 Å². The van der Waals surface area contributed by atoms with E-state index in [1.54, 1.807) is 6.20 Å². The highest BCUT2D eigenvalue weighted by Gasteiger charge is 2.18. The molecule has 0 aliphatic rings. The van der Waals surface area contributed by atoms with E-state index in [2.05, 4.69) is 53.5 Å². The number of carbonyl (C=O) groups excluding carboxylic acids is 1. The van der Waals surface area contributed by atoms with E-state index < -0.39 is 0 Å². The van der Waals surface area contributed by atoms with Crippen LogP contribution in [-0.2, 0) is 11.8 Å². The van der Waals surface area contributed by atoms with Crippen LogP contribution in [0.3, 0.4) is 0 Å². The van der Waals surface area contributed by atoms with Crippen molar-refractivity contribution in [2.24, 2.45) is 0 Å². The summed E-state index contributed by atoms with van der Waals surface area (Å²) in [5.41, 5.74) is 6.28. The lowest BCUT2D eigenvalue weighted by atomic mass is 9.85. The molecule has 6 heteroatoms. The number of anilines is 2. The number of carbonyl (C=O) groups is 1. The zero-order valence-electron chi connectivity index (χ0n) is 23.4. The number of hydrogen-bond acceptors (Lipinski definition) is 4. The normalized spacial score (nSPS) is 11.3. The Kier molecular flexibility index (Phi) is 7.78. The lowest BCUT2D eigenvalue weighted by Crippen LogP contribution is -2.21. The second kappa shape index (κ2) is 11.6. The van der Waals surface area contributed by atoms with Crippen LogP contribution in [0.5, 0.6) is 5.75 Å². The number of benzene rings is 3. The molecule has 0 bridgehead atoms. The predicted molar refractivity (Wildman–Crippen MR) is 163 cm³/mol. The number of amides is 2. The molecule has 2 N–H and O–H groups in total. The zero-order valence-corrected chi connectivity index (χ0v) is 23.4. The van der Waals surface area contributed by atoms with Gasteiger partial charge in [-0.05, 0) is 54.3 Å². The highest BCUT2D eigenvalue weighted by atomic mass is 16.5. The van der Waals surface area contributed by atoms with Crippen molar-refractivity contribution in [3.63, 3.8) is 0 Å². The fourth-order valence-electron chi connectivity index (χ4n) is 4.59. The average Bonchev–Trinajstić information content (AvgIpc) is 2.95. The van der Waals surface area contributed by atoms with Crippen LogP contribution in [0.4, 0.5) is 16.2 Å². The second-order valence-electron chi connectivity index (χ2n) is 10.9. The molecular weight excluding hydrogens is 496 g/mol. The molecule has 0 atom stereocenters. The van der Waals surface area contributed by atoms with Crippen LogP contribution in [0, 0.1) is 6.92 Å². The van der Waals surface area contributed by atoms with E-state index in [0.29, 0.717) is 18.7 Å². The van der Waals surface area contributed by atoms with Gasteiger partial charge in [-0.2, -0.15) is 0 Å². The van der Waals surface area contributed by atoms with Gasteiger partial charge in [-0.25, -0.2) is 4.79 Å². The number of nitrogens with zero attached hydrogens (tertiary/aromatic N) is 2. The molecule has 2 heterocycles. The van der Waals surface area contributed by atoms with Crippen LogP contribution < -0.4 is 15.4 Å². The van der Waals surface area contributed by atoms with Gasteiger partial charge in [-0.3, -0.25) is 9.97 Å². The first kappa shape index (κ1) is 26.9. The number of aromatic nitrogens is 2. The Morgan fingerprint density at radius 1 is 0.825 bits per heavy atom. The summed E-state index contributed by atoms with van der Waals surface area (Å²) in [5, 5.41) is 7.99. The maximum Gasteiger partial charge on any atom is 0.323 e. The van der Waals surface area contributed by atoms with Crippen LogP contribution in [0.2, 0.25) is 0 Å². The Hall–Kier alpha value is -4.71. The van der Waals surface area contributed by atoms with E-state index in [1.807, 2.05) is 85.9 Å². The molecule has 202 valence electrons. The number of pyridine rings is 2. The van der Waals surface area contributed by atoms with E-state index in [0.717, 1.165) is 50.3 Å². The molecule has 0 fully saturated rings. The third-order valence-electron chi connectivity index (χ3n) is 6.83. The molecule has 0 radical (unpaired) electrons. The van der Waals surface area contributed by atoms with Crippen LogP contribution in [0.1, 0.15) is 37.7 Å². The third-order valence-corrected chi connectivity index (χ3v) is 6.83. The maximum absolute atomic E-state index is 13.4. The number of fused-ring (bicyclic) bond motifs is 1. The third kappa shape index (κ3) is 6.29. The summed E-state index contributed by atoms with van der Waals surface area (Å²) in [6, 6.07) is 27.5. The van der Waals surface area contributed by atoms with Gasteiger partial charge in [0.1, 0.15) is 5.75 Å². The van der Waals surface area contributed by atoms with Gasteiger partial charge in [0.25, 0.3) is 0 Å². The molecule has 0 spiro atoms. The SMILES string of the molecule is Cc1ccc(-c2ccc(C(C)(C)C)cc2NC(=O)Nc2ccc(OCCc3ccccn3)c3ccccc23)cn1. The first-order valence-corrected chi connectivity index (χ1v) is 13.5. The smallest absolute Gasteiger partial charge is 0.323 e. The molecule has 0 saturated carbocycles. The van der Waals surface area contributed by atoms with E-state index in [4.69, 9.17) is 4.74 Å². The topological polar surface area (TPSA) is 76.1 Å². The first-order valence-electron chi connectivity index (χ1n) is 13.5. The summed E-state index contributed by atoms with van der Waals surface area (Å²) < 4.78 is 6.12. The maximum atomic E-state index is 13.4. The van der Waals surface area contributed by atoms with Crippen molar-refractivity contribution in [3.05, 3.63) is 114 Å². The monoisotopic (exact) mass is 530 g/mol. The molecule has 0 saturated heterocycles. The lowest BCUT2D eigenvalue weighted by Gasteiger charge is -2.22. The summed E-state index contributed by atoms with van der Waals surface area (Å²) in [6.07, 6.45) is 4.34. The van der Waals surface area contributed by atoms with Gasteiger partial charge >= 0.3 is 6.03 Å². The number of rotatable bonds is 7. The Labute approximate surface area is 235 Å². The largest absolute Gasteiger partial charge is 0.493 e. The summed E-state index contributed by atoms with van der Waals surface area (Å²) in [6.45, 7) is 8.94. The summed E-state index contributed by atoms with van der Waals surface area (Å²) in [7, 11) is 0. The molecule has 40 heavy (non-hydrogen) atoms.